The van der Waals surface area contributed by atoms with Crippen LogP contribution in [0.2, 0.25) is 0 Å². The number of halogens is 11. The van der Waals surface area contributed by atoms with Gasteiger partial charge in [-0.2, -0.15) is 0 Å². The summed E-state index contributed by atoms with van der Waals surface area (Å²) < 4.78 is 159. The highest BCUT2D eigenvalue weighted by molar-refractivity contribution is 6.95. The van der Waals surface area contributed by atoms with Gasteiger partial charge in [0.15, 0.2) is 40.7 Å². The Morgan fingerprint density at radius 2 is 0.824 bits per heavy atom. The first-order valence-electron chi connectivity index (χ1n) is 9.13. The molecule has 0 aromatic heterocycles. The van der Waals surface area contributed by atoms with Crippen molar-refractivity contribution in [2.75, 3.05) is 7.11 Å². The van der Waals surface area contributed by atoms with Crippen LogP contribution in [0.1, 0.15) is 11.1 Å². The summed E-state index contributed by atoms with van der Waals surface area (Å²) in [5.74, 6) is -25.1. The van der Waals surface area contributed by atoms with Crippen molar-refractivity contribution in [3.05, 3.63) is 81.2 Å². The molecule has 0 heterocycles. The largest absolute Gasteiger partial charge is 0.494 e. The van der Waals surface area contributed by atoms with Gasteiger partial charge < -0.3 is 4.74 Å². The molecule has 0 fully saturated rings. The molecule has 0 unspecified atom stereocenters. The molecule has 3 aromatic carbocycles. The molecule has 0 N–H and O–H groups in total. The highest BCUT2D eigenvalue weighted by Crippen LogP contribution is 2.25. The van der Waals surface area contributed by atoms with Crippen molar-refractivity contribution in [1.82, 2.24) is 0 Å². The van der Waals surface area contributed by atoms with Crippen molar-refractivity contribution in [3.63, 3.8) is 0 Å². The molecule has 0 aliphatic carbocycles. The molecule has 0 spiro atoms. The molecule has 3 aromatic rings. The average molecular weight is 514 g/mol. The first kappa shape index (κ1) is 25.8. The van der Waals surface area contributed by atoms with Gasteiger partial charge in [-0.3, -0.25) is 0 Å². The van der Waals surface area contributed by atoms with E-state index in [1.807, 2.05) is 0 Å². The molecule has 13 heteroatoms. The lowest BCUT2D eigenvalue weighted by atomic mass is 10.2. The maximum absolute atomic E-state index is 15.1. The predicted octanol–water partition coefficient (Wildman–Crippen LogP) is 4.36. The predicted molar refractivity (Wildman–Crippen MR) is 99.5 cm³/mol. The van der Waals surface area contributed by atoms with E-state index in [2.05, 4.69) is 4.74 Å². The monoisotopic (exact) mass is 514 g/mol. The van der Waals surface area contributed by atoms with Crippen LogP contribution in [0.4, 0.5) is 48.3 Å². The van der Waals surface area contributed by atoms with Gasteiger partial charge in [0.05, 0.1) is 7.11 Å². The first-order chi connectivity index (χ1) is 15.8. The summed E-state index contributed by atoms with van der Waals surface area (Å²) in [7, 11) is 0.745. The van der Waals surface area contributed by atoms with Gasteiger partial charge in [0.25, 0.3) is 0 Å². The lowest BCUT2D eigenvalue weighted by Crippen LogP contribution is -2.60. The zero-order chi connectivity index (χ0) is 25.8. The van der Waals surface area contributed by atoms with E-state index in [-0.39, 0.29) is 6.07 Å². The van der Waals surface area contributed by atoms with E-state index in [1.165, 1.54) is 0 Å². The van der Waals surface area contributed by atoms with Crippen LogP contribution in [0, 0.1) is 77.8 Å². The van der Waals surface area contributed by atoms with E-state index in [1.54, 1.807) is 0 Å². The van der Waals surface area contributed by atoms with Crippen molar-refractivity contribution in [2.45, 2.75) is 13.8 Å². The molecule has 0 bridgehead atoms. The molecule has 0 aliphatic rings. The highest BCUT2D eigenvalue weighted by atomic mass is 27.2. The molecule has 0 amide bonds. The number of methoxy groups -OCH3 is 1. The second kappa shape index (κ2) is 9.11. The van der Waals surface area contributed by atoms with E-state index < -0.39 is 108 Å². The van der Waals surface area contributed by atoms with Crippen molar-refractivity contribution < 1.29 is 53.0 Å². The second-order valence-corrected chi connectivity index (χ2v) is 9.72. The summed E-state index contributed by atoms with van der Waals surface area (Å²) in [4.78, 5) is 0. The molecule has 0 radical (unpaired) electrons. The molecule has 1 nitrogen and oxygen atoms in total. The van der Waals surface area contributed by atoms with Crippen LogP contribution >= 0.6 is 0 Å². The second-order valence-electron chi connectivity index (χ2n) is 7.12. The number of benzene rings is 3. The zero-order valence-corrected chi connectivity index (χ0v) is 18.4. The summed E-state index contributed by atoms with van der Waals surface area (Å²) in [6.07, 6.45) is 0. The Kier molecular flexibility index (Phi) is 6.92. The van der Waals surface area contributed by atoms with Crippen LogP contribution < -0.4 is 18.0 Å². The molecule has 0 atom stereocenters. The molecule has 180 valence electrons. The van der Waals surface area contributed by atoms with Gasteiger partial charge in [-0.05, 0) is 27.1 Å². The minimum absolute atomic E-state index is 0.131. The summed E-state index contributed by atoms with van der Waals surface area (Å²) in [6.45, 7) is 1.16. The number of hydrogen-bond donors (Lipinski definition) is 0. The summed E-state index contributed by atoms with van der Waals surface area (Å²) in [6, 6.07) is 0.131. The van der Waals surface area contributed by atoms with Crippen LogP contribution in [0.5, 0.6) is 5.75 Å². The van der Waals surface area contributed by atoms with Gasteiger partial charge in [-0.1, -0.05) is 0 Å². The lowest BCUT2D eigenvalue weighted by molar-refractivity contribution is 0.379. The number of hydrogen-bond acceptors (Lipinski definition) is 1. The quantitative estimate of drug-likeness (QED) is 0.286. The third kappa shape index (κ3) is 3.71. The fraction of sp³-hybridized carbons (Fsp3) is 0.143. The molecule has 34 heavy (non-hydrogen) atoms. The Labute approximate surface area is 188 Å². The Bertz CT molecular complexity index is 1210. The molecule has 3 rings (SSSR count). The SMILES string of the molecule is COc1cc(F)c(F)[c]([Al]([c]2c(F)c(F)c(C)c(F)c2F)[c]2c(F)c(F)c(C)c(F)c2F)c1F. The van der Waals surface area contributed by atoms with Gasteiger partial charge in [0.1, 0.15) is 29.1 Å². The van der Waals surface area contributed by atoms with Gasteiger partial charge in [0.2, 0.25) is 0 Å². The Morgan fingerprint density at radius 1 is 0.500 bits per heavy atom. The number of ether oxygens (including phenoxy) is 1. The van der Waals surface area contributed by atoms with E-state index in [0.29, 0.717) is 13.8 Å². The minimum atomic E-state index is -5.30. The van der Waals surface area contributed by atoms with E-state index in [0.717, 1.165) is 7.11 Å². The summed E-state index contributed by atoms with van der Waals surface area (Å²) >= 11 is -5.30. The van der Waals surface area contributed by atoms with Gasteiger partial charge in [-0.15, -0.1) is 0 Å². The molecule has 0 saturated carbocycles. The summed E-state index contributed by atoms with van der Waals surface area (Å²) in [5.41, 5.74) is -2.49. The number of rotatable bonds is 4. The van der Waals surface area contributed by atoms with Crippen LogP contribution in [0.3, 0.4) is 0 Å². The molecule has 0 aliphatic heterocycles. The summed E-state index contributed by atoms with van der Waals surface area (Å²) in [5, 5.41) is 0. The highest BCUT2D eigenvalue weighted by Gasteiger charge is 2.45. The van der Waals surface area contributed by atoms with Crippen molar-refractivity contribution in [3.8, 4) is 5.75 Å². The van der Waals surface area contributed by atoms with E-state index in [4.69, 9.17) is 0 Å². The van der Waals surface area contributed by atoms with E-state index >= 15 is 4.39 Å². The van der Waals surface area contributed by atoms with Crippen LogP contribution in [-0.2, 0) is 0 Å². The average Bonchev–Trinajstić information content (AvgIpc) is 2.81. The van der Waals surface area contributed by atoms with Gasteiger partial charge in [0, 0.05) is 17.2 Å². The Morgan fingerprint density at radius 3 is 1.15 bits per heavy atom. The van der Waals surface area contributed by atoms with Gasteiger partial charge in [-0.25, -0.2) is 48.3 Å². The van der Waals surface area contributed by atoms with Crippen molar-refractivity contribution in [1.29, 1.82) is 0 Å². The van der Waals surface area contributed by atoms with Crippen LogP contribution in [0.15, 0.2) is 6.07 Å². The smallest absolute Gasteiger partial charge is 0.413 e. The van der Waals surface area contributed by atoms with E-state index in [9.17, 15) is 43.9 Å². The third-order valence-corrected chi connectivity index (χ3v) is 8.53. The standard InChI is InChI=1S/2C7H3F4.C7H4F3O.Al/c2*1-3-6(10)4(8)2-5(9)7(3)11;1-11-7-3-5(9)4(8)2-6(7)10;/h2*1H3;3H,1H3;. The zero-order valence-electron chi connectivity index (χ0n) is 17.2. The normalized spacial score (nSPS) is 11.2. The van der Waals surface area contributed by atoms with Crippen LogP contribution in [-0.4, -0.2) is 21.3 Å². The van der Waals surface area contributed by atoms with Crippen molar-refractivity contribution in [2.24, 2.45) is 0 Å². The molecule has 0 saturated heterocycles. The Hall–Kier alpha value is -2.78. The Balaban J connectivity index is 2.66. The molecular formula is C21H10AlF11O. The van der Waals surface area contributed by atoms with Gasteiger partial charge >= 0.3 is 14.1 Å². The topological polar surface area (TPSA) is 9.23 Å². The van der Waals surface area contributed by atoms with Crippen LogP contribution in [0.25, 0.3) is 0 Å². The maximum Gasteiger partial charge on any atom is 0.413 e. The fourth-order valence-corrected chi connectivity index (χ4v) is 6.63. The van der Waals surface area contributed by atoms with Crippen molar-refractivity contribution >= 4 is 27.4 Å². The lowest BCUT2D eigenvalue weighted by Gasteiger charge is -2.21. The minimum Gasteiger partial charge on any atom is -0.494 e. The fourth-order valence-electron chi connectivity index (χ4n) is 3.46. The maximum atomic E-state index is 15.1. The first-order valence-corrected chi connectivity index (χ1v) is 10.9. The third-order valence-electron chi connectivity index (χ3n) is 5.28. The molecular weight excluding hydrogens is 504 g/mol.